The zero-order valence-corrected chi connectivity index (χ0v) is 7.89. The van der Waals surface area contributed by atoms with Gasteiger partial charge in [-0.2, -0.15) is 0 Å². The molecule has 0 spiro atoms. The van der Waals surface area contributed by atoms with Crippen LogP contribution in [-0.4, -0.2) is 6.61 Å². The summed E-state index contributed by atoms with van der Waals surface area (Å²) in [6.45, 7) is 12.8. The van der Waals surface area contributed by atoms with Crippen LogP contribution in [0, 0.1) is 5.92 Å². The van der Waals surface area contributed by atoms with Gasteiger partial charge >= 0.3 is 0 Å². The molecule has 0 unspecified atom stereocenters. The SMILES string of the molecule is C=C1OCC/C1=C/C(=C)C(C)C. The number of rotatable bonds is 2. The Hall–Kier alpha value is -0.980. The molecule has 1 aliphatic heterocycles. The highest BCUT2D eigenvalue weighted by atomic mass is 16.5. The minimum atomic E-state index is 0.505. The fraction of sp³-hybridized carbons (Fsp3) is 0.455. The summed E-state index contributed by atoms with van der Waals surface area (Å²) in [7, 11) is 0. The van der Waals surface area contributed by atoms with Crippen molar-refractivity contribution in [3.63, 3.8) is 0 Å². The Morgan fingerprint density at radius 1 is 1.58 bits per heavy atom. The van der Waals surface area contributed by atoms with Crippen molar-refractivity contribution in [1.82, 2.24) is 0 Å². The van der Waals surface area contributed by atoms with Crippen LogP contribution in [0.3, 0.4) is 0 Å². The monoisotopic (exact) mass is 164 g/mol. The molecule has 1 aliphatic rings. The number of allylic oxidation sites excluding steroid dienone is 3. The first-order valence-electron chi connectivity index (χ1n) is 4.32. The third kappa shape index (κ3) is 2.00. The van der Waals surface area contributed by atoms with E-state index < -0.39 is 0 Å². The summed E-state index contributed by atoms with van der Waals surface area (Å²) >= 11 is 0. The molecule has 0 aromatic carbocycles. The van der Waals surface area contributed by atoms with Crippen LogP contribution in [0.4, 0.5) is 0 Å². The van der Waals surface area contributed by atoms with Gasteiger partial charge in [-0.25, -0.2) is 0 Å². The molecule has 0 bridgehead atoms. The Kier molecular flexibility index (Phi) is 2.74. The fourth-order valence-corrected chi connectivity index (χ4v) is 1.06. The molecule has 1 heterocycles. The van der Waals surface area contributed by atoms with Gasteiger partial charge in [0.1, 0.15) is 5.76 Å². The van der Waals surface area contributed by atoms with Gasteiger partial charge in [0.05, 0.1) is 6.61 Å². The van der Waals surface area contributed by atoms with Crippen LogP contribution in [-0.2, 0) is 4.74 Å². The molecule has 0 amide bonds. The van der Waals surface area contributed by atoms with Gasteiger partial charge in [-0.15, -0.1) is 0 Å². The first-order chi connectivity index (χ1) is 5.61. The standard InChI is InChI=1S/C11H16O/c1-8(2)9(3)7-11-5-6-12-10(11)4/h7-8H,3-6H2,1-2H3/b11-7-. The average Bonchev–Trinajstić information content (AvgIpc) is 2.36. The van der Waals surface area contributed by atoms with Crippen molar-refractivity contribution in [2.24, 2.45) is 5.92 Å². The number of hydrogen-bond donors (Lipinski definition) is 0. The van der Waals surface area contributed by atoms with Crippen molar-refractivity contribution in [3.05, 3.63) is 36.1 Å². The maximum atomic E-state index is 5.24. The smallest absolute Gasteiger partial charge is 0.115 e. The second-order valence-corrected chi connectivity index (χ2v) is 3.42. The van der Waals surface area contributed by atoms with Crippen molar-refractivity contribution in [3.8, 4) is 0 Å². The van der Waals surface area contributed by atoms with E-state index in [0.29, 0.717) is 5.92 Å². The molecule has 0 aromatic rings. The van der Waals surface area contributed by atoms with Crippen molar-refractivity contribution < 1.29 is 4.74 Å². The van der Waals surface area contributed by atoms with Crippen molar-refractivity contribution >= 4 is 0 Å². The lowest BCUT2D eigenvalue weighted by atomic mass is 10.0. The highest BCUT2D eigenvalue weighted by Gasteiger charge is 2.12. The van der Waals surface area contributed by atoms with Gasteiger partial charge in [-0.05, 0) is 11.5 Å². The van der Waals surface area contributed by atoms with Crippen LogP contribution in [0.5, 0.6) is 0 Å². The molecule has 1 fully saturated rings. The Morgan fingerprint density at radius 2 is 2.25 bits per heavy atom. The molecule has 12 heavy (non-hydrogen) atoms. The topological polar surface area (TPSA) is 9.23 Å². The van der Waals surface area contributed by atoms with E-state index in [9.17, 15) is 0 Å². The van der Waals surface area contributed by atoms with E-state index in [0.717, 1.165) is 24.4 Å². The van der Waals surface area contributed by atoms with Gasteiger partial charge in [-0.1, -0.05) is 38.7 Å². The van der Waals surface area contributed by atoms with Gasteiger partial charge in [-0.3, -0.25) is 0 Å². The quantitative estimate of drug-likeness (QED) is 0.609. The lowest BCUT2D eigenvalue weighted by molar-refractivity contribution is 0.267. The van der Waals surface area contributed by atoms with E-state index in [-0.39, 0.29) is 0 Å². The van der Waals surface area contributed by atoms with Crippen LogP contribution >= 0.6 is 0 Å². The largest absolute Gasteiger partial charge is 0.494 e. The zero-order valence-electron chi connectivity index (χ0n) is 7.89. The Morgan fingerprint density at radius 3 is 2.67 bits per heavy atom. The highest BCUT2D eigenvalue weighted by Crippen LogP contribution is 2.24. The normalized spacial score (nSPS) is 20.2. The zero-order chi connectivity index (χ0) is 9.14. The fourth-order valence-electron chi connectivity index (χ4n) is 1.06. The van der Waals surface area contributed by atoms with Crippen LogP contribution in [0.15, 0.2) is 36.1 Å². The molecule has 0 radical (unpaired) electrons. The third-order valence-corrected chi connectivity index (χ3v) is 2.11. The van der Waals surface area contributed by atoms with Crippen LogP contribution < -0.4 is 0 Å². The molecule has 0 saturated carbocycles. The van der Waals surface area contributed by atoms with Gasteiger partial charge in [0, 0.05) is 6.42 Å². The van der Waals surface area contributed by atoms with Crippen molar-refractivity contribution in [1.29, 1.82) is 0 Å². The predicted octanol–water partition coefficient (Wildman–Crippen LogP) is 3.06. The molecule has 66 valence electrons. The molecular formula is C11H16O. The highest BCUT2D eigenvalue weighted by molar-refractivity contribution is 5.34. The van der Waals surface area contributed by atoms with Gasteiger partial charge in [0.2, 0.25) is 0 Å². The van der Waals surface area contributed by atoms with Gasteiger partial charge in [0.15, 0.2) is 0 Å². The summed E-state index contributed by atoms with van der Waals surface area (Å²) in [6.07, 6.45) is 3.07. The second-order valence-electron chi connectivity index (χ2n) is 3.42. The first kappa shape index (κ1) is 9.11. The Labute approximate surface area is 74.4 Å². The lowest BCUT2D eigenvalue weighted by Gasteiger charge is -2.04. The van der Waals surface area contributed by atoms with Crippen LogP contribution in [0.25, 0.3) is 0 Å². The predicted molar refractivity (Wildman–Crippen MR) is 51.8 cm³/mol. The molecular weight excluding hydrogens is 148 g/mol. The average molecular weight is 164 g/mol. The van der Waals surface area contributed by atoms with Crippen LogP contribution in [0.2, 0.25) is 0 Å². The summed E-state index contributed by atoms with van der Waals surface area (Å²) < 4.78 is 5.24. The second kappa shape index (κ2) is 3.61. The van der Waals surface area contributed by atoms with Crippen molar-refractivity contribution in [2.45, 2.75) is 20.3 Å². The summed E-state index contributed by atoms with van der Waals surface area (Å²) in [6, 6.07) is 0. The summed E-state index contributed by atoms with van der Waals surface area (Å²) in [4.78, 5) is 0. The molecule has 1 heteroatoms. The van der Waals surface area contributed by atoms with E-state index in [2.05, 4.69) is 33.1 Å². The van der Waals surface area contributed by atoms with E-state index in [4.69, 9.17) is 4.74 Å². The Bertz CT molecular complexity index is 233. The van der Waals surface area contributed by atoms with Gasteiger partial charge in [0.25, 0.3) is 0 Å². The van der Waals surface area contributed by atoms with E-state index in [1.165, 1.54) is 5.57 Å². The Balaban J connectivity index is 2.68. The maximum absolute atomic E-state index is 5.24. The lowest BCUT2D eigenvalue weighted by Crippen LogP contribution is -1.90. The molecule has 1 nitrogen and oxygen atoms in total. The molecule has 0 N–H and O–H groups in total. The van der Waals surface area contributed by atoms with E-state index >= 15 is 0 Å². The summed E-state index contributed by atoms with van der Waals surface area (Å²) in [5.74, 6) is 1.32. The number of ether oxygens (including phenoxy) is 1. The van der Waals surface area contributed by atoms with Gasteiger partial charge < -0.3 is 4.74 Å². The molecule has 0 atom stereocenters. The van der Waals surface area contributed by atoms with E-state index in [1.807, 2.05) is 0 Å². The molecule has 1 rings (SSSR count). The van der Waals surface area contributed by atoms with Crippen molar-refractivity contribution in [2.75, 3.05) is 6.61 Å². The van der Waals surface area contributed by atoms with Crippen LogP contribution in [0.1, 0.15) is 20.3 Å². The minimum Gasteiger partial charge on any atom is -0.494 e. The summed E-state index contributed by atoms with van der Waals surface area (Å²) in [5, 5.41) is 0. The minimum absolute atomic E-state index is 0.505. The molecule has 0 aliphatic carbocycles. The summed E-state index contributed by atoms with van der Waals surface area (Å²) in [5.41, 5.74) is 2.35. The maximum Gasteiger partial charge on any atom is 0.115 e. The van der Waals surface area contributed by atoms with E-state index in [1.54, 1.807) is 0 Å². The first-order valence-corrected chi connectivity index (χ1v) is 4.32. The number of hydrogen-bond acceptors (Lipinski definition) is 1. The third-order valence-electron chi connectivity index (χ3n) is 2.11. The molecule has 1 saturated heterocycles. The molecule has 0 aromatic heterocycles.